The summed E-state index contributed by atoms with van der Waals surface area (Å²) in [6, 6.07) is 3.76. The van der Waals surface area contributed by atoms with Gasteiger partial charge in [-0.05, 0) is 45.9 Å². The molecule has 0 atom stereocenters. The summed E-state index contributed by atoms with van der Waals surface area (Å²) in [6.07, 6.45) is 3.55. The number of amides is 1. The first-order valence-electron chi connectivity index (χ1n) is 10.7. The zero-order chi connectivity index (χ0) is 26.8. The van der Waals surface area contributed by atoms with E-state index in [9.17, 15) is 17.6 Å². The van der Waals surface area contributed by atoms with Crippen molar-refractivity contribution in [3.63, 3.8) is 0 Å². The number of anilines is 2. The maximum atomic E-state index is 14.5. The van der Waals surface area contributed by atoms with Crippen LogP contribution < -0.4 is 15.4 Å². The number of aromatic nitrogens is 4. The Kier molecular flexibility index (Phi) is 7.74. The maximum Gasteiger partial charge on any atom is 0.408 e. The first-order valence-corrected chi connectivity index (χ1v) is 13.0. The predicted molar refractivity (Wildman–Crippen MR) is 136 cm³/mol. The van der Waals surface area contributed by atoms with Crippen LogP contribution in [0.4, 0.5) is 20.8 Å². The molecule has 0 aliphatic heterocycles. The SMILES string of the molecule is COC(=O)NC(C)(C)Nc1nccc(-c2cn(C(C)C)nc2-c2cc(F)cc(NS(C)(=O)=O)c2Cl)n1. The molecule has 0 aliphatic carbocycles. The molecule has 36 heavy (non-hydrogen) atoms. The molecule has 0 fully saturated rings. The van der Waals surface area contributed by atoms with Crippen LogP contribution >= 0.6 is 11.6 Å². The van der Waals surface area contributed by atoms with E-state index >= 15 is 0 Å². The average molecular weight is 540 g/mol. The normalized spacial score (nSPS) is 11.9. The molecule has 0 saturated carbocycles. The lowest BCUT2D eigenvalue weighted by molar-refractivity contribution is 0.162. The van der Waals surface area contributed by atoms with Crippen LogP contribution in [0.5, 0.6) is 0 Å². The third-order valence-corrected chi connectivity index (χ3v) is 5.80. The smallest absolute Gasteiger partial charge is 0.408 e. The Morgan fingerprint density at radius 1 is 1.25 bits per heavy atom. The fourth-order valence-corrected chi connectivity index (χ4v) is 4.13. The summed E-state index contributed by atoms with van der Waals surface area (Å²) in [5.74, 6) is -0.506. The van der Waals surface area contributed by atoms with Crippen molar-refractivity contribution >= 4 is 39.4 Å². The highest BCUT2D eigenvalue weighted by atomic mass is 35.5. The highest BCUT2D eigenvalue weighted by molar-refractivity contribution is 7.92. The molecule has 0 radical (unpaired) electrons. The molecule has 2 aromatic heterocycles. The van der Waals surface area contributed by atoms with Gasteiger partial charge >= 0.3 is 6.09 Å². The summed E-state index contributed by atoms with van der Waals surface area (Å²) >= 11 is 6.51. The largest absolute Gasteiger partial charge is 0.453 e. The predicted octanol–water partition coefficient (Wildman–Crippen LogP) is 4.26. The van der Waals surface area contributed by atoms with E-state index in [1.165, 1.54) is 19.4 Å². The zero-order valence-corrected chi connectivity index (χ0v) is 22.1. The second-order valence-electron chi connectivity index (χ2n) is 8.79. The van der Waals surface area contributed by atoms with E-state index in [0.717, 1.165) is 12.3 Å². The van der Waals surface area contributed by atoms with Gasteiger partial charge in [0, 0.05) is 29.6 Å². The number of ether oxygens (including phenoxy) is 1. The molecule has 0 aliphatic rings. The number of rotatable bonds is 8. The van der Waals surface area contributed by atoms with Gasteiger partial charge in [0.25, 0.3) is 0 Å². The molecule has 0 saturated heterocycles. The monoisotopic (exact) mass is 539 g/mol. The van der Waals surface area contributed by atoms with Gasteiger partial charge in [-0.15, -0.1) is 0 Å². The Balaban J connectivity index is 2.12. The Labute approximate surface area is 213 Å². The van der Waals surface area contributed by atoms with Crippen molar-refractivity contribution in [2.45, 2.75) is 39.4 Å². The van der Waals surface area contributed by atoms with E-state index in [1.54, 1.807) is 30.8 Å². The molecule has 14 heteroatoms. The third-order valence-electron chi connectivity index (χ3n) is 4.80. The van der Waals surface area contributed by atoms with Crippen LogP contribution in [0.3, 0.4) is 0 Å². The van der Waals surface area contributed by atoms with Crippen molar-refractivity contribution in [1.29, 1.82) is 0 Å². The number of halogens is 2. The summed E-state index contributed by atoms with van der Waals surface area (Å²) in [6.45, 7) is 7.23. The van der Waals surface area contributed by atoms with Crippen LogP contribution in [0, 0.1) is 5.82 Å². The molecule has 2 heterocycles. The van der Waals surface area contributed by atoms with E-state index < -0.39 is 27.6 Å². The highest BCUT2D eigenvalue weighted by Crippen LogP contribution is 2.39. The second-order valence-corrected chi connectivity index (χ2v) is 10.9. The minimum absolute atomic E-state index is 0.0205. The van der Waals surface area contributed by atoms with Gasteiger partial charge in [-0.25, -0.2) is 27.6 Å². The van der Waals surface area contributed by atoms with E-state index in [-0.39, 0.29) is 28.3 Å². The Morgan fingerprint density at radius 3 is 2.56 bits per heavy atom. The molecule has 3 rings (SSSR count). The molecule has 0 bridgehead atoms. The Morgan fingerprint density at radius 2 is 1.94 bits per heavy atom. The summed E-state index contributed by atoms with van der Waals surface area (Å²) < 4.78 is 46.6. The number of benzene rings is 1. The van der Waals surface area contributed by atoms with Crippen molar-refractivity contribution in [3.8, 4) is 22.5 Å². The molecule has 3 N–H and O–H groups in total. The van der Waals surface area contributed by atoms with Gasteiger partial charge in [0.1, 0.15) is 17.2 Å². The van der Waals surface area contributed by atoms with E-state index in [0.29, 0.717) is 17.0 Å². The first kappa shape index (κ1) is 27.1. The number of hydrogen-bond acceptors (Lipinski definition) is 8. The lowest BCUT2D eigenvalue weighted by Crippen LogP contribution is -2.49. The van der Waals surface area contributed by atoms with Crippen LogP contribution in [0.2, 0.25) is 5.02 Å². The van der Waals surface area contributed by atoms with Crippen LogP contribution in [0.15, 0.2) is 30.6 Å². The number of methoxy groups -OCH3 is 1. The topological polar surface area (TPSA) is 140 Å². The van der Waals surface area contributed by atoms with Gasteiger partial charge in [-0.2, -0.15) is 5.10 Å². The summed E-state index contributed by atoms with van der Waals surface area (Å²) in [5, 5.41) is 10.2. The molecule has 1 aromatic carbocycles. The Bertz CT molecular complexity index is 1390. The number of alkyl carbamates (subject to hydrolysis) is 1. The molecular formula is C22H27ClFN7O4S. The van der Waals surface area contributed by atoms with Crippen molar-refractivity contribution in [2.75, 3.05) is 23.4 Å². The maximum absolute atomic E-state index is 14.5. The van der Waals surface area contributed by atoms with Gasteiger partial charge in [-0.3, -0.25) is 14.7 Å². The molecular weight excluding hydrogens is 513 g/mol. The highest BCUT2D eigenvalue weighted by Gasteiger charge is 2.24. The molecule has 194 valence electrons. The summed E-state index contributed by atoms with van der Waals surface area (Å²) in [7, 11) is -2.46. The van der Waals surface area contributed by atoms with Crippen molar-refractivity contribution in [3.05, 3.63) is 41.4 Å². The van der Waals surface area contributed by atoms with E-state index in [1.807, 2.05) is 13.8 Å². The van der Waals surface area contributed by atoms with Crippen molar-refractivity contribution in [1.82, 2.24) is 25.1 Å². The molecule has 11 nitrogen and oxygen atoms in total. The Hall–Kier alpha value is -3.45. The zero-order valence-electron chi connectivity index (χ0n) is 20.6. The van der Waals surface area contributed by atoms with Gasteiger partial charge in [0.15, 0.2) is 0 Å². The third kappa shape index (κ3) is 6.61. The van der Waals surface area contributed by atoms with Crippen LogP contribution in [-0.2, 0) is 14.8 Å². The first-order chi connectivity index (χ1) is 16.7. The van der Waals surface area contributed by atoms with Crippen LogP contribution in [-0.4, -0.2) is 53.3 Å². The van der Waals surface area contributed by atoms with Gasteiger partial charge in [-0.1, -0.05) is 11.6 Å². The minimum atomic E-state index is -3.71. The quantitative estimate of drug-likeness (QED) is 0.361. The summed E-state index contributed by atoms with van der Waals surface area (Å²) in [4.78, 5) is 20.4. The van der Waals surface area contributed by atoms with Crippen molar-refractivity contribution < 1.29 is 22.3 Å². The number of carbonyl (C=O) groups is 1. The fraction of sp³-hybridized carbons (Fsp3) is 0.364. The lowest BCUT2D eigenvalue weighted by atomic mass is 10.0. The second kappa shape index (κ2) is 10.3. The number of hydrogen-bond donors (Lipinski definition) is 3. The average Bonchev–Trinajstić information content (AvgIpc) is 3.20. The standard InChI is InChI=1S/C22H27ClFN7O4S/c1-12(2)31-11-15(16-7-8-25-20(26-16)27-22(3,4)28-21(32)35-5)19(29-31)14-9-13(24)10-17(18(14)23)30-36(6,33)34/h7-12,30H,1-6H3,(H,28,32)(H,25,26,27). The van der Waals surface area contributed by atoms with E-state index in [2.05, 4.69) is 35.2 Å². The van der Waals surface area contributed by atoms with Crippen LogP contribution in [0.1, 0.15) is 33.7 Å². The van der Waals surface area contributed by atoms with E-state index in [4.69, 9.17) is 11.6 Å². The van der Waals surface area contributed by atoms with Gasteiger partial charge in [0.05, 0.1) is 29.8 Å². The summed E-state index contributed by atoms with van der Waals surface area (Å²) in [5.41, 5.74) is 0.348. The molecule has 0 unspecified atom stereocenters. The molecule has 1 amide bonds. The van der Waals surface area contributed by atoms with Crippen molar-refractivity contribution in [2.24, 2.45) is 0 Å². The fourth-order valence-electron chi connectivity index (χ4n) is 3.26. The number of sulfonamides is 1. The number of nitrogens with zero attached hydrogens (tertiary/aromatic N) is 4. The van der Waals surface area contributed by atoms with Crippen LogP contribution in [0.25, 0.3) is 22.5 Å². The van der Waals surface area contributed by atoms with Gasteiger partial charge < -0.3 is 10.1 Å². The lowest BCUT2D eigenvalue weighted by Gasteiger charge is -2.26. The minimum Gasteiger partial charge on any atom is -0.453 e. The van der Waals surface area contributed by atoms with Gasteiger partial charge in [0.2, 0.25) is 16.0 Å². The number of carbonyl (C=O) groups excluding carboxylic acids is 1. The number of nitrogens with one attached hydrogen (secondary N) is 3. The molecule has 0 spiro atoms. The molecule has 3 aromatic rings.